The molecule has 1 aromatic carbocycles. The standard InChI is InChI=1S/C26H36N2O5/c1-25(2,3)18-10-11-20(19(13-18)26(4,5)6)32-15-21(29)28-12-8-9-17(14-28)23-22(24(30)31-7)27-16-33-23/h10-11,13,16-17H,8-9,12,14-15H2,1-7H3. The van der Waals surface area contributed by atoms with E-state index >= 15 is 0 Å². The van der Waals surface area contributed by atoms with Gasteiger partial charge in [0.1, 0.15) is 11.5 Å². The number of rotatable bonds is 5. The molecule has 0 bridgehead atoms. The Kier molecular flexibility index (Phi) is 7.20. The number of hydrogen-bond donors (Lipinski definition) is 0. The molecule has 33 heavy (non-hydrogen) atoms. The van der Waals surface area contributed by atoms with Crippen molar-refractivity contribution in [2.24, 2.45) is 0 Å². The normalized spacial score (nSPS) is 17.1. The zero-order valence-corrected chi connectivity index (χ0v) is 20.9. The summed E-state index contributed by atoms with van der Waals surface area (Å²) in [4.78, 5) is 30.7. The van der Waals surface area contributed by atoms with Gasteiger partial charge in [0.2, 0.25) is 0 Å². The SMILES string of the molecule is COC(=O)c1ncoc1C1CCCN(C(=O)COc2ccc(C(C)(C)C)cc2C(C)(C)C)C1. The predicted octanol–water partition coefficient (Wildman–Crippen LogP) is 4.84. The molecule has 0 N–H and O–H groups in total. The topological polar surface area (TPSA) is 81.9 Å². The second-order valence-corrected chi connectivity index (χ2v) is 10.7. The van der Waals surface area contributed by atoms with Gasteiger partial charge in [-0.25, -0.2) is 9.78 Å². The Morgan fingerprint density at radius 1 is 1.15 bits per heavy atom. The Hall–Kier alpha value is -2.83. The van der Waals surface area contributed by atoms with Gasteiger partial charge in [0.25, 0.3) is 5.91 Å². The number of aromatic nitrogens is 1. The van der Waals surface area contributed by atoms with Crippen molar-refractivity contribution in [3.63, 3.8) is 0 Å². The summed E-state index contributed by atoms with van der Waals surface area (Å²) >= 11 is 0. The number of oxazole rings is 1. The minimum atomic E-state index is -0.529. The van der Waals surface area contributed by atoms with Crippen LogP contribution in [0.1, 0.15) is 87.7 Å². The molecule has 1 saturated heterocycles. The molecule has 2 aromatic rings. The van der Waals surface area contributed by atoms with Crippen LogP contribution >= 0.6 is 0 Å². The summed E-state index contributed by atoms with van der Waals surface area (Å²) in [7, 11) is 1.31. The number of hydrogen-bond acceptors (Lipinski definition) is 6. The lowest BCUT2D eigenvalue weighted by Gasteiger charge is -2.32. The van der Waals surface area contributed by atoms with Crippen LogP contribution in [0, 0.1) is 0 Å². The van der Waals surface area contributed by atoms with E-state index < -0.39 is 5.97 Å². The molecule has 2 heterocycles. The van der Waals surface area contributed by atoms with Crippen molar-refractivity contribution < 1.29 is 23.5 Å². The Bertz CT molecular complexity index is 997. The number of nitrogens with zero attached hydrogens (tertiary/aromatic N) is 2. The molecule has 0 radical (unpaired) electrons. The first-order chi connectivity index (χ1) is 15.4. The van der Waals surface area contributed by atoms with E-state index in [9.17, 15) is 9.59 Å². The largest absolute Gasteiger partial charge is 0.483 e. The number of ether oxygens (including phenoxy) is 2. The van der Waals surface area contributed by atoms with E-state index in [1.807, 2.05) is 6.07 Å². The molecule has 1 unspecified atom stereocenters. The second-order valence-electron chi connectivity index (χ2n) is 10.7. The fourth-order valence-electron chi connectivity index (χ4n) is 4.15. The maximum absolute atomic E-state index is 13.0. The molecule has 0 saturated carbocycles. The van der Waals surface area contributed by atoms with Gasteiger partial charge in [-0.1, -0.05) is 53.7 Å². The molecule has 7 heteroatoms. The summed E-state index contributed by atoms with van der Waals surface area (Å²) < 4.78 is 16.3. The molecule has 0 spiro atoms. The Balaban J connectivity index is 1.71. The predicted molar refractivity (Wildman–Crippen MR) is 126 cm³/mol. The quantitative estimate of drug-likeness (QED) is 0.599. The number of methoxy groups -OCH3 is 1. The maximum atomic E-state index is 13.0. The summed E-state index contributed by atoms with van der Waals surface area (Å²) in [6, 6.07) is 6.24. The zero-order valence-electron chi connectivity index (χ0n) is 20.9. The van der Waals surface area contributed by atoms with Crippen LogP contribution in [-0.4, -0.2) is 48.6 Å². The number of likely N-dealkylation sites (tertiary alicyclic amines) is 1. The average molecular weight is 457 g/mol. The number of piperidine rings is 1. The van der Waals surface area contributed by atoms with E-state index in [4.69, 9.17) is 13.9 Å². The monoisotopic (exact) mass is 456 g/mol. The van der Waals surface area contributed by atoms with E-state index in [1.54, 1.807) is 4.90 Å². The molecular weight excluding hydrogens is 420 g/mol. The van der Waals surface area contributed by atoms with Crippen LogP contribution in [0.4, 0.5) is 0 Å². The van der Waals surface area contributed by atoms with Crippen LogP contribution in [0.5, 0.6) is 5.75 Å². The van der Waals surface area contributed by atoms with E-state index in [0.717, 1.165) is 24.2 Å². The van der Waals surface area contributed by atoms with Crippen LogP contribution in [0.15, 0.2) is 29.0 Å². The smallest absolute Gasteiger partial charge is 0.360 e. The van der Waals surface area contributed by atoms with Crippen LogP contribution in [0.2, 0.25) is 0 Å². The van der Waals surface area contributed by atoms with E-state index in [0.29, 0.717) is 18.8 Å². The highest BCUT2D eigenvalue weighted by Crippen LogP contribution is 2.36. The van der Waals surface area contributed by atoms with Crippen molar-refractivity contribution in [1.29, 1.82) is 0 Å². The van der Waals surface area contributed by atoms with Gasteiger partial charge in [-0.15, -0.1) is 0 Å². The fourth-order valence-corrected chi connectivity index (χ4v) is 4.15. The van der Waals surface area contributed by atoms with Crippen molar-refractivity contribution in [3.8, 4) is 5.75 Å². The van der Waals surface area contributed by atoms with Crippen LogP contribution in [0.25, 0.3) is 0 Å². The first kappa shape index (κ1) is 24.8. The molecule has 1 amide bonds. The summed E-state index contributed by atoms with van der Waals surface area (Å²) in [6.07, 6.45) is 2.87. The van der Waals surface area contributed by atoms with Gasteiger partial charge in [0.15, 0.2) is 18.7 Å². The molecular formula is C26H36N2O5. The first-order valence-electron chi connectivity index (χ1n) is 11.5. The van der Waals surface area contributed by atoms with Gasteiger partial charge < -0.3 is 18.8 Å². The minimum absolute atomic E-state index is 0.0287. The van der Waals surface area contributed by atoms with Crippen molar-refractivity contribution in [2.75, 3.05) is 26.8 Å². The summed E-state index contributed by atoms with van der Waals surface area (Å²) in [5, 5.41) is 0. The second kappa shape index (κ2) is 9.57. The summed E-state index contributed by atoms with van der Waals surface area (Å²) in [5.74, 6) is 0.502. The van der Waals surface area contributed by atoms with Gasteiger partial charge in [0.05, 0.1) is 7.11 Å². The number of carbonyl (C=O) groups excluding carboxylic acids is 2. The molecule has 7 nitrogen and oxygen atoms in total. The average Bonchev–Trinajstić information content (AvgIpc) is 3.25. The van der Waals surface area contributed by atoms with Gasteiger partial charge in [-0.3, -0.25) is 4.79 Å². The van der Waals surface area contributed by atoms with Crippen LogP contribution < -0.4 is 4.74 Å². The number of carbonyl (C=O) groups is 2. The van der Waals surface area contributed by atoms with Gasteiger partial charge >= 0.3 is 5.97 Å². The molecule has 180 valence electrons. The first-order valence-corrected chi connectivity index (χ1v) is 11.5. The molecule has 1 aliphatic rings. The molecule has 1 aliphatic heterocycles. The Labute approximate surface area is 196 Å². The third kappa shape index (κ3) is 5.75. The van der Waals surface area contributed by atoms with E-state index in [-0.39, 0.29) is 35.0 Å². The van der Waals surface area contributed by atoms with Gasteiger partial charge in [0, 0.05) is 19.0 Å². The number of benzene rings is 1. The van der Waals surface area contributed by atoms with Crippen molar-refractivity contribution in [3.05, 3.63) is 47.2 Å². The number of amides is 1. The maximum Gasteiger partial charge on any atom is 0.360 e. The molecule has 3 rings (SSSR count). The van der Waals surface area contributed by atoms with Crippen molar-refractivity contribution in [2.45, 2.75) is 71.1 Å². The lowest BCUT2D eigenvalue weighted by Crippen LogP contribution is -2.41. The Morgan fingerprint density at radius 3 is 2.52 bits per heavy atom. The lowest BCUT2D eigenvalue weighted by atomic mass is 9.80. The van der Waals surface area contributed by atoms with Crippen LogP contribution in [0.3, 0.4) is 0 Å². The highest BCUT2D eigenvalue weighted by molar-refractivity contribution is 5.88. The van der Waals surface area contributed by atoms with E-state index in [2.05, 4.69) is 58.7 Å². The van der Waals surface area contributed by atoms with E-state index in [1.165, 1.54) is 19.1 Å². The third-order valence-corrected chi connectivity index (χ3v) is 6.12. The third-order valence-electron chi connectivity index (χ3n) is 6.12. The van der Waals surface area contributed by atoms with Crippen molar-refractivity contribution in [1.82, 2.24) is 9.88 Å². The minimum Gasteiger partial charge on any atom is -0.483 e. The molecule has 1 atom stereocenters. The van der Waals surface area contributed by atoms with Gasteiger partial charge in [-0.05, 0) is 40.9 Å². The molecule has 1 fully saturated rings. The van der Waals surface area contributed by atoms with Gasteiger partial charge in [-0.2, -0.15) is 0 Å². The highest BCUT2D eigenvalue weighted by Gasteiger charge is 2.31. The Morgan fingerprint density at radius 2 is 1.88 bits per heavy atom. The fraction of sp³-hybridized carbons (Fsp3) is 0.577. The lowest BCUT2D eigenvalue weighted by molar-refractivity contribution is -0.134. The number of esters is 1. The highest BCUT2D eigenvalue weighted by atomic mass is 16.5. The summed E-state index contributed by atoms with van der Waals surface area (Å²) in [6.45, 7) is 14.1. The summed E-state index contributed by atoms with van der Waals surface area (Å²) in [5.41, 5.74) is 2.41. The molecule has 0 aliphatic carbocycles. The van der Waals surface area contributed by atoms with Crippen molar-refractivity contribution >= 4 is 11.9 Å². The van der Waals surface area contributed by atoms with Crippen LogP contribution in [-0.2, 0) is 20.4 Å². The molecule has 1 aromatic heterocycles. The zero-order chi connectivity index (χ0) is 24.4.